The van der Waals surface area contributed by atoms with Crippen molar-refractivity contribution in [1.29, 1.82) is 5.26 Å². The van der Waals surface area contributed by atoms with Gasteiger partial charge in [-0.15, -0.1) is 0 Å². The molecule has 1 unspecified atom stereocenters. The summed E-state index contributed by atoms with van der Waals surface area (Å²) in [5.41, 5.74) is 0.760. The van der Waals surface area contributed by atoms with Crippen LogP contribution in [-0.2, 0) is 4.79 Å². The highest BCUT2D eigenvalue weighted by atomic mass is 16.5. The molecule has 0 aliphatic heterocycles. The summed E-state index contributed by atoms with van der Waals surface area (Å²) in [5.74, 6) is -0.746. The van der Waals surface area contributed by atoms with Gasteiger partial charge >= 0.3 is 5.97 Å². The van der Waals surface area contributed by atoms with Gasteiger partial charge < -0.3 is 14.7 Å². The van der Waals surface area contributed by atoms with Crippen LogP contribution in [0.3, 0.4) is 0 Å². The second kappa shape index (κ2) is 8.05. The van der Waals surface area contributed by atoms with Crippen LogP contribution >= 0.6 is 0 Å². The molecule has 0 fully saturated rings. The molecule has 0 radical (unpaired) electrons. The predicted octanol–water partition coefficient (Wildman–Crippen LogP) is 2.53. The number of para-hydroxylation sites is 2. The van der Waals surface area contributed by atoms with Crippen molar-refractivity contribution in [3.63, 3.8) is 0 Å². The number of anilines is 1. The van der Waals surface area contributed by atoms with E-state index in [9.17, 15) is 4.79 Å². The molecule has 0 aliphatic carbocycles. The van der Waals surface area contributed by atoms with Crippen LogP contribution in [0, 0.1) is 17.2 Å². The Kier molecular flexibility index (Phi) is 6.38. The van der Waals surface area contributed by atoms with Crippen molar-refractivity contribution in [2.75, 3.05) is 24.6 Å². The Morgan fingerprint density at radius 2 is 2.20 bits per heavy atom. The summed E-state index contributed by atoms with van der Waals surface area (Å²) in [4.78, 5) is 12.7. The lowest BCUT2D eigenvalue weighted by atomic mass is 10.1. The molecule has 5 heteroatoms. The molecule has 1 N–H and O–H groups in total. The third kappa shape index (κ3) is 4.47. The van der Waals surface area contributed by atoms with Gasteiger partial charge in [0, 0.05) is 6.54 Å². The van der Waals surface area contributed by atoms with Gasteiger partial charge in [0.2, 0.25) is 0 Å². The molecule has 0 spiro atoms. The fourth-order valence-corrected chi connectivity index (χ4v) is 1.79. The molecule has 0 saturated carbocycles. The Morgan fingerprint density at radius 3 is 2.80 bits per heavy atom. The molecule has 1 aromatic rings. The number of ether oxygens (including phenoxy) is 1. The number of carbonyl (C=O) groups is 1. The van der Waals surface area contributed by atoms with Crippen LogP contribution in [0.1, 0.15) is 20.3 Å². The molecule has 1 aromatic carbocycles. The van der Waals surface area contributed by atoms with E-state index in [0.717, 1.165) is 12.1 Å². The van der Waals surface area contributed by atoms with Crippen LogP contribution in [0.15, 0.2) is 24.3 Å². The third-order valence-corrected chi connectivity index (χ3v) is 2.85. The Labute approximate surface area is 119 Å². The smallest absolute Gasteiger partial charge is 0.308 e. The molecule has 0 heterocycles. The van der Waals surface area contributed by atoms with Crippen LogP contribution in [0.25, 0.3) is 0 Å². The molecule has 5 nitrogen and oxygen atoms in total. The highest BCUT2D eigenvalue weighted by molar-refractivity contribution is 5.71. The highest BCUT2D eigenvalue weighted by Crippen LogP contribution is 2.28. The summed E-state index contributed by atoms with van der Waals surface area (Å²) in [6, 6.07) is 9.46. The van der Waals surface area contributed by atoms with Crippen LogP contribution in [0.5, 0.6) is 5.75 Å². The normalized spacial score (nSPS) is 11.4. The van der Waals surface area contributed by atoms with Crippen molar-refractivity contribution < 1.29 is 14.6 Å². The van der Waals surface area contributed by atoms with E-state index in [4.69, 9.17) is 15.1 Å². The maximum atomic E-state index is 11.0. The first-order valence-corrected chi connectivity index (χ1v) is 6.66. The van der Waals surface area contributed by atoms with Crippen molar-refractivity contribution in [2.24, 2.45) is 5.92 Å². The quantitative estimate of drug-likeness (QED) is 0.738. The van der Waals surface area contributed by atoms with Gasteiger partial charge in [-0.25, -0.2) is 0 Å². The number of carboxylic acid groups (broad SMARTS) is 1. The molecule has 1 rings (SSSR count). The zero-order valence-corrected chi connectivity index (χ0v) is 11.9. The van der Waals surface area contributed by atoms with E-state index in [1.807, 2.05) is 31.2 Å². The number of rotatable bonds is 8. The molecule has 0 bridgehead atoms. The van der Waals surface area contributed by atoms with E-state index >= 15 is 0 Å². The molecular weight excluding hydrogens is 256 g/mol. The van der Waals surface area contributed by atoms with Gasteiger partial charge in [-0.2, -0.15) is 5.26 Å². The number of hydrogen-bond acceptors (Lipinski definition) is 4. The van der Waals surface area contributed by atoms with Crippen LogP contribution < -0.4 is 9.64 Å². The van der Waals surface area contributed by atoms with Crippen LogP contribution in [0.2, 0.25) is 0 Å². The van der Waals surface area contributed by atoms with Crippen molar-refractivity contribution in [3.05, 3.63) is 24.3 Å². The minimum atomic E-state index is -0.875. The Morgan fingerprint density at radius 1 is 1.50 bits per heavy atom. The Balaban J connectivity index is 2.96. The maximum absolute atomic E-state index is 11.0. The van der Waals surface area contributed by atoms with Gasteiger partial charge in [0.05, 0.1) is 24.3 Å². The first kappa shape index (κ1) is 15.8. The van der Waals surface area contributed by atoms with Crippen molar-refractivity contribution in [1.82, 2.24) is 0 Å². The lowest BCUT2D eigenvalue weighted by Gasteiger charge is -2.25. The first-order chi connectivity index (χ1) is 9.60. The summed E-state index contributed by atoms with van der Waals surface area (Å²) in [5, 5.41) is 18.0. The largest absolute Gasteiger partial charge is 0.491 e. The second-order valence-electron chi connectivity index (χ2n) is 4.59. The first-order valence-electron chi connectivity index (χ1n) is 6.66. The molecule has 0 aliphatic rings. The van der Waals surface area contributed by atoms with Gasteiger partial charge in [-0.05, 0) is 18.6 Å². The van der Waals surface area contributed by atoms with Crippen LogP contribution in [0.4, 0.5) is 5.69 Å². The molecule has 0 amide bonds. The number of nitriles is 1. The van der Waals surface area contributed by atoms with Gasteiger partial charge in [0.1, 0.15) is 12.3 Å². The summed E-state index contributed by atoms with van der Waals surface area (Å²) in [6.07, 6.45) is 0.887. The highest BCUT2D eigenvalue weighted by Gasteiger charge is 2.18. The van der Waals surface area contributed by atoms with Crippen LogP contribution in [-0.4, -0.2) is 30.8 Å². The monoisotopic (exact) mass is 276 g/mol. The number of benzene rings is 1. The average molecular weight is 276 g/mol. The Hall–Kier alpha value is -2.22. The van der Waals surface area contributed by atoms with E-state index in [2.05, 4.69) is 6.07 Å². The van der Waals surface area contributed by atoms with E-state index in [-0.39, 0.29) is 13.1 Å². The lowest BCUT2D eigenvalue weighted by Crippen LogP contribution is -2.32. The molecule has 20 heavy (non-hydrogen) atoms. The molecular formula is C15H20N2O3. The summed E-state index contributed by atoms with van der Waals surface area (Å²) in [6.45, 7) is 4.63. The molecule has 0 aromatic heterocycles. The van der Waals surface area contributed by atoms with Crippen molar-refractivity contribution in [2.45, 2.75) is 20.3 Å². The molecule has 1 atom stereocenters. The predicted molar refractivity (Wildman–Crippen MR) is 76.9 cm³/mol. The van der Waals surface area contributed by atoms with Gasteiger partial charge in [-0.1, -0.05) is 26.0 Å². The fraction of sp³-hybridized carbons (Fsp3) is 0.467. The zero-order valence-electron chi connectivity index (χ0n) is 11.9. The number of hydrogen-bond donors (Lipinski definition) is 1. The van der Waals surface area contributed by atoms with E-state index in [0.29, 0.717) is 12.4 Å². The third-order valence-electron chi connectivity index (χ3n) is 2.85. The van der Waals surface area contributed by atoms with E-state index in [1.54, 1.807) is 11.8 Å². The summed E-state index contributed by atoms with van der Waals surface area (Å²) < 4.78 is 5.66. The maximum Gasteiger partial charge on any atom is 0.308 e. The molecule has 0 saturated heterocycles. The molecule has 108 valence electrons. The lowest BCUT2D eigenvalue weighted by molar-refractivity contribution is -0.140. The Bertz CT molecular complexity index is 482. The number of carboxylic acids is 1. The van der Waals surface area contributed by atoms with Gasteiger partial charge in [-0.3, -0.25) is 4.79 Å². The van der Waals surface area contributed by atoms with Gasteiger partial charge in [0.25, 0.3) is 0 Å². The standard InChI is InChI=1S/C15H20N2O3/c1-3-10-20-14-7-5-4-6-13(14)17(9-8-16)11-12(2)15(18)19/h4-7,12H,3,9-11H2,1-2H3,(H,18,19). The minimum Gasteiger partial charge on any atom is -0.491 e. The second-order valence-corrected chi connectivity index (χ2v) is 4.59. The summed E-state index contributed by atoms with van der Waals surface area (Å²) in [7, 11) is 0. The average Bonchev–Trinajstić information content (AvgIpc) is 2.44. The topological polar surface area (TPSA) is 73.6 Å². The number of aliphatic carboxylic acids is 1. The van der Waals surface area contributed by atoms with Crippen molar-refractivity contribution >= 4 is 11.7 Å². The van der Waals surface area contributed by atoms with E-state index < -0.39 is 11.9 Å². The summed E-state index contributed by atoms with van der Waals surface area (Å²) >= 11 is 0. The van der Waals surface area contributed by atoms with Gasteiger partial charge in [0.15, 0.2) is 0 Å². The fourth-order valence-electron chi connectivity index (χ4n) is 1.79. The van der Waals surface area contributed by atoms with E-state index in [1.165, 1.54) is 0 Å². The zero-order chi connectivity index (χ0) is 15.0. The SMILES string of the molecule is CCCOc1ccccc1N(CC#N)CC(C)C(=O)O. The minimum absolute atomic E-state index is 0.129. The number of nitrogens with zero attached hydrogens (tertiary/aromatic N) is 2. The van der Waals surface area contributed by atoms with Crippen molar-refractivity contribution in [3.8, 4) is 11.8 Å².